The molecule has 3 heterocycles. The highest BCUT2D eigenvalue weighted by Gasteiger charge is 2.29. The molecule has 5 nitrogen and oxygen atoms in total. The van der Waals surface area contributed by atoms with Crippen LogP contribution in [0.25, 0.3) is 0 Å². The first-order chi connectivity index (χ1) is 11.2. The summed E-state index contributed by atoms with van der Waals surface area (Å²) >= 11 is 0. The summed E-state index contributed by atoms with van der Waals surface area (Å²) in [4.78, 5) is 15.2. The number of aromatic nitrogens is 3. The number of rotatable bonds is 2. The molecule has 0 spiro atoms. The minimum absolute atomic E-state index is 0.608. The van der Waals surface area contributed by atoms with Gasteiger partial charge in [-0.3, -0.25) is 4.90 Å². The molecule has 1 aliphatic carbocycles. The zero-order valence-corrected chi connectivity index (χ0v) is 13.4. The minimum atomic E-state index is 0.608. The molecule has 2 aromatic heterocycles. The Morgan fingerprint density at radius 1 is 1.13 bits per heavy atom. The Kier molecular flexibility index (Phi) is 3.48. The molecule has 0 saturated heterocycles. The van der Waals surface area contributed by atoms with Gasteiger partial charge in [0, 0.05) is 18.6 Å². The fraction of sp³-hybridized carbons (Fsp3) is 0.389. The number of nitrogens with one attached hydrogen (secondary N) is 1. The van der Waals surface area contributed by atoms with Crippen LogP contribution in [0.1, 0.15) is 44.1 Å². The highest BCUT2D eigenvalue weighted by Crippen LogP contribution is 2.42. The van der Waals surface area contributed by atoms with Crippen molar-refractivity contribution in [2.45, 2.75) is 38.5 Å². The summed E-state index contributed by atoms with van der Waals surface area (Å²) in [5, 5.41) is 3.22. The molecule has 1 fully saturated rings. The summed E-state index contributed by atoms with van der Waals surface area (Å²) in [6.07, 6.45) is 10.6. The molecule has 118 valence electrons. The van der Waals surface area contributed by atoms with E-state index in [0.29, 0.717) is 11.9 Å². The number of hydrogen-bond donors (Lipinski definition) is 1. The van der Waals surface area contributed by atoms with E-state index in [4.69, 9.17) is 0 Å². The fourth-order valence-electron chi connectivity index (χ4n) is 3.53. The Labute approximate surface area is 136 Å². The van der Waals surface area contributed by atoms with Gasteiger partial charge in [0.1, 0.15) is 5.82 Å². The lowest BCUT2D eigenvalue weighted by atomic mass is 9.80. The largest absolute Gasteiger partial charge is 0.325 e. The Morgan fingerprint density at radius 2 is 1.87 bits per heavy atom. The van der Waals surface area contributed by atoms with Gasteiger partial charge < -0.3 is 5.32 Å². The van der Waals surface area contributed by atoms with Gasteiger partial charge in [-0.15, -0.1) is 0 Å². The van der Waals surface area contributed by atoms with Crippen LogP contribution >= 0.6 is 0 Å². The standard InChI is InChI=1S/C18H21N5/c1-12-4-6-14(7-5-12)15-10-16-17(21-11-15)22-13(2)23(16)18-19-8-3-9-20-18/h3,8-12,14H,2,4-7H2,1H3,(H,21,22). The number of pyridine rings is 1. The molecule has 0 aromatic carbocycles. The molecule has 1 N–H and O–H groups in total. The Morgan fingerprint density at radius 3 is 2.61 bits per heavy atom. The van der Waals surface area contributed by atoms with Crippen molar-refractivity contribution in [2.24, 2.45) is 5.92 Å². The molecule has 0 atom stereocenters. The van der Waals surface area contributed by atoms with Gasteiger partial charge in [0.2, 0.25) is 5.95 Å². The van der Waals surface area contributed by atoms with Crippen molar-refractivity contribution < 1.29 is 0 Å². The maximum absolute atomic E-state index is 4.61. The fourth-order valence-corrected chi connectivity index (χ4v) is 3.53. The van der Waals surface area contributed by atoms with Gasteiger partial charge in [0.25, 0.3) is 0 Å². The van der Waals surface area contributed by atoms with Gasteiger partial charge in [-0.05, 0) is 42.4 Å². The first kappa shape index (κ1) is 14.2. The van der Waals surface area contributed by atoms with Gasteiger partial charge in [-0.1, -0.05) is 26.3 Å². The SMILES string of the molecule is C=C1Nc2ncc(C3CCC(C)CC3)cc2N1c1ncccn1. The van der Waals surface area contributed by atoms with Gasteiger partial charge >= 0.3 is 0 Å². The normalized spacial score (nSPS) is 23.5. The Balaban J connectivity index is 1.68. The molecule has 2 aliphatic rings. The molecule has 1 saturated carbocycles. The quantitative estimate of drug-likeness (QED) is 0.901. The van der Waals surface area contributed by atoms with Gasteiger partial charge in [0.15, 0.2) is 5.82 Å². The molecule has 5 heteroatoms. The van der Waals surface area contributed by atoms with E-state index in [1.807, 2.05) is 17.2 Å². The molecule has 2 aromatic rings. The third-order valence-corrected chi connectivity index (χ3v) is 4.90. The zero-order chi connectivity index (χ0) is 15.8. The van der Waals surface area contributed by atoms with E-state index in [9.17, 15) is 0 Å². The molecular formula is C18H21N5. The molecule has 0 radical (unpaired) electrons. The molecular weight excluding hydrogens is 286 g/mol. The van der Waals surface area contributed by atoms with Crippen LogP contribution in [0, 0.1) is 5.92 Å². The topological polar surface area (TPSA) is 53.9 Å². The smallest absolute Gasteiger partial charge is 0.235 e. The summed E-state index contributed by atoms with van der Waals surface area (Å²) in [5.74, 6) is 3.66. The maximum atomic E-state index is 4.61. The van der Waals surface area contributed by atoms with E-state index in [-0.39, 0.29) is 0 Å². The van der Waals surface area contributed by atoms with Crippen molar-refractivity contribution >= 4 is 17.5 Å². The van der Waals surface area contributed by atoms with E-state index >= 15 is 0 Å². The summed E-state index contributed by atoms with van der Waals surface area (Å²) in [6, 6.07) is 4.04. The maximum Gasteiger partial charge on any atom is 0.235 e. The van der Waals surface area contributed by atoms with Crippen LogP contribution in [0.4, 0.5) is 17.5 Å². The van der Waals surface area contributed by atoms with Crippen LogP contribution < -0.4 is 10.2 Å². The van der Waals surface area contributed by atoms with Crippen LogP contribution in [0.15, 0.2) is 43.1 Å². The second-order valence-electron chi connectivity index (χ2n) is 6.55. The molecule has 0 unspecified atom stereocenters. The van der Waals surface area contributed by atoms with Gasteiger partial charge in [-0.25, -0.2) is 15.0 Å². The van der Waals surface area contributed by atoms with Gasteiger partial charge in [-0.2, -0.15) is 0 Å². The first-order valence-electron chi connectivity index (χ1n) is 8.25. The second-order valence-corrected chi connectivity index (χ2v) is 6.55. The Bertz CT molecular complexity index is 719. The average molecular weight is 307 g/mol. The lowest BCUT2D eigenvalue weighted by Crippen LogP contribution is -2.16. The molecule has 0 bridgehead atoms. The lowest BCUT2D eigenvalue weighted by Gasteiger charge is -2.26. The third-order valence-electron chi connectivity index (χ3n) is 4.90. The molecule has 4 rings (SSSR count). The summed E-state index contributed by atoms with van der Waals surface area (Å²) in [6.45, 7) is 6.42. The lowest BCUT2D eigenvalue weighted by molar-refractivity contribution is 0.347. The number of fused-ring (bicyclic) bond motifs is 1. The number of anilines is 3. The van der Waals surface area contributed by atoms with Gasteiger partial charge in [0.05, 0.1) is 5.69 Å². The van der Waals surface area contributed by atoms with E-state index < -0.39 is 0 Å². The predicted octanol–water partition coefficient (Wildman–Crippen LogP) is 4.20. The van der Waals surface area contributed by atoms with Crippen molar-refractivity contribution in [3.63, 3.8) is 0 Å². The minimum Gasteiger partial charge on any atom is -0.325 e. The van der Waals surface area contributed by atoms with Crippen molar-refractivity contribution in [1.82, 2.24) is 15.0 Å². The van der Waals surface area contributed by atoms with E-state index in [1.54, 1.807) is 12.4 Å². The van der Waals surface area contributed by atoms with E-state index in [1.165, 1.54) is 31.2 Å². The van der Waals surface area contributed by atoms with Crippen molar-refractivity contribution in [3.05, 3.63) is 48.7 Å². The number of nitrogens with zero attached hydrogens (tertiary/aromatic N) is 4. The predicted molar refractivity (Wildman–Crippen MR) is 91.5 cm³/mol. The van der Waals surface area contributed by atoms with Crippen molar-refractivity contribution in [2.75, 3.05) is 10.2 Å². The first-order valence-corrected chi connectivity index (χ1v) is 8.25. The zero-order valence-electron chi connectivity index (χ0n) is 13.4. The summed E-state index contributed by atoms with van der Waals surface area (Å²) in [7, 11) is 0. The van der Waals surface area contributed by atoms with Crippen LogP contribution in [0.3, 0.4) is 0 Å². The monoisotopic (exact) mass is 307 g/mol. The molecule has 23 heavy (non-hydrogen) atoms. The third kappa shape index (κ3) is 2.56. The number of hydrogen-bond acceptors (Lipinski definition) is 5. The van der Waals surface area contributed by atoms with Crippen molar-refractivity contribution in [3.8, 4) is 0 Å². The highest BCUT2D eigenvalue weighted by atomic mass is 15.4. The Hall–Kier alpha value is -2.43. The highest BCUT2D eigenvalue weighted by molar-refractivity contribution is 5.82. The second kappa shape index (κ2) is 5.65. The average Bonchev–Trinajstić information content (AvgIpc) is 2.91. The van der Waals surface area contributed by atoms with E-state index in [0.717, 1.165) is 23.2 Å². The summed E-state index contributed by atoms with van der Waals surface area (Å²) < 4.78 is 0. The van der Waals surface area contributed by atoms with Crippen molar-refractivity contribution in [1.29, 1.82) is 0 Å². The van der Waals surface area contributed by atoms with E-state index in [2.05, 4.69) is 39.8 Å². The van der Waals surface area contributed by atoms with Crippen LogP contribution in [-0.4, -0.2) is 15.0 Å². The molecule has 0 amide bonds. The summed E-state index contributed by atoms with van der Waals surface area (Å²) in [5.41, 5.74) is 2.31. The van der Waals surface area contributed by atoms with Crippen LogP contribution in [-0.2, 0) is 0 Å². The molecule has 1 aliphatic heterocycles. The van der Waals surface area contributed by atoms with Crippen LogP contribution in [0.2, 0.25) is 0 Å². The van der Waals surface area contributed by atoms with Crippen LogP contribution in [0.5, 0.6) is 0 Å².